The predicted octanol–water partition coefficient (Wildman–Crippen LogP) is 3.39. The molecule has 0 aromatic heterocycles. The highest BCUT2D eigenvalue weighted by Crippen LogP contribution is 2.30. The van der Waals surface area contributed by atoms with E-state index in [4.69, 9.17) is 4.74 Å². The molecule has 2 aromatic rings. The van der Waals surface area contributed by atoms with Crippen molar-refractivity contribution >= 4 is 21.6 Å². The highest BCUT2D eigenvalue weighted by Gasteiger charge is 2.33. The van der Waals surface area contributed by atoms with Gasteiger partial charge < -0.3 is 9.64 Å². The smallest absolute Gasteiger partial charge is 0.258 e. The van der Waals surface area contributed by atoms with E-state index in [2.05, 4.69) is 6.07 Å². The minimum atomic E-state index is -3.70. The van der Waals surface area contributed by atoms with Crippen LogP contribution in [-0.2, 0) is 21.2 Å². The van der Waals surface area contributed by atoms with Crippen LogP contribution in [0.2, 0.25) is 0 Å². The summed E-state index contributed by atoms with van der Waals surface area (Å²) >= 11 is 0. The third-order valence-electron chi connectivity index (χ3n) is 5.70. The molecule has 2 atom stereocenters. The number of fused-ring (bicyclic) bond motifs is 1. The number of morpholine rings is 1. The number of hydrogen-bond donors (Lipinski definition) is 0. The van der Waals surface area contributed by atoms with Crippen LogP contribution < -0.4 is 4.90 Å². The lowest BCUT2D eigenvalue weighted by Gasteiger charge is -2.34. The van der Waals surface area contributed by atoms with Crippen molar-refractivity contribution in [3.8, 4) is 0 Å². The summed E-state index contributed by atoms with van der Waals surface area (Å²) in [6.07, 6.45) is 1.51. The van der Waals surface area contributed by atoms with E-state index < -0.39 is 10.0 Å². The third-order valence-corrected chi connectivity index (χ3v) is 7.53. The molecule has 0 saturated carbocycles. The zero-order valence-electron chi connectivity index (χ0n) is 17.7. The molecule has 2 unspecified atom stereocenters. The van der Waals surface area contributed by atoms with E-state index in [9.17, 15) is 13.2 Å². The molecule has 0 bridgehead atoms. The first-order valence-corrected chi connectivity index (χ1v) is 11.9. The maximum absolute atomic E-state index is 13.3. The van der Waals surface area contributed by atoms with Crippen LogP contribution in [-0.4, -0.2) is 50.5 Å². The van der Waals surface area contributed by atoms with Gasteiger partial charge in [0.2, 0.25) is 10.0 Å². The highest BCUT2D eigenvalue weighted by atomic mass is 32.2. The molecule has 0 radical (unpaired) electrons. The average molecular weight is 429 g/mol. The van der Waals surface area contributed by atoms with Gasteiger partial charge in [0, 0.05) is 30.9 Å². The molecule has 6 nitrogen and oxygen atoms in total. The lowest BCUT2D eigenvalue weighted by Crippen LogP contribution is -2.48. The van der Waals surface area contributed by atoms with Crippen LogP contribution in [0.15, 0.2) is 47.4 Å². The fourth-order valence-electron chi connectivity index (χ4n) is 4.36. The molecule has 4 rings (SSSR count). The van der Waals surface area contributed by atoms with Gasteiger partial charge in [-0.3, -0.25) is 4.79 Å². The average Bonchev–Trinajstić information content (AvgIpc) is 2.72. The highest BCUT2D eigenvalue weighted by molar-refractivity contribution is 7.89. The summed E-state index contributed by atoms with van der Waals surface area (Å²) < 4.78 is 33.5. The summed E-state index contributed by atoms with van der Waals surface area (Å²) in [6, 6.07) is 12.5. The number of aryl methyl sites for hydroxylation is 2. The monoisotopic (exact) mass is 428 g/mol. The first-order valence-electron chi connectivity index (χ1n) is 10.4. The van der Waals surface area contributed by atoms with Crippen molar-refractivity contribution in [2.75, 3.05) is 24.5 Å². The molecular weight excluding hydrogens is 400 g/mol. The Hall–Kier alpha value is -2.22. The van der Waals surface area contributed by atoms with Crippen LogP contribution in [0, 0.1) is 6.92 Å². The summed E-state index contributed by atoms with van der Waals surface area (Å²) in [6.45, 7) is 7.03. The Morgan fingerprint density at radius 3 is 2.53 bits per heavy atom. The number of carbonyl (C=O) groups is 1. The van der Waals surface area contributed by atoms with Crippen LogP contribution in [0.1, 0.15) is 41.8 Å². The lowest BCUT2D eigenvalue weighted by atomic mass is 9.99. The molecule has 2 aliphatic rings. The van der Waals surface area contributed by atoms with Gasteiger partial charge in [0.25, 0.3) is 5.91 Å². The fraction of sp³-hybridized carbons (Fsp3) is 0.435. The first-order chi connectivity index (χ1) is 14.3. The fourth-order valence-corrected chi connectivity index (χ4v) is 6.00. The Kier molecular flexibility index (Phi) is 5.70. The molecular formula is C23H28N2O4S. The molecule has 0 N–H and O–H groups in total. The number of amides is 1. The number of ether oxygens (including phenoxy) is 1. The molecule has 0 spiro atoms. The van der Waals surface area contributed by atoms with E-state index in [1.165, 1.54) is 15.9 Å². The maximum atomic E-state index is 13.3. The number of rotatable bonds is 3. The second kappa shape index (κ2) is 8.13. The minimum Gasteiger partial charge on any atom is -0.373 e. The normalized spacial score (nSPS) is 22.6. The molecule has 1 saturated heterocycles. The van der Waals surface area contributed by atoms with E-state index in [1.54, 1.807) is 23.1 Å². The largest absolute Gasteiger partial charge is 0.373 e. The molecule has 2 aliphatic heterocycles. The quantitative estimate of drug-likeness (QED) is 0.752. The molecule has 7 heteroatoms. The summed E-state index contributed by atoms with van der Waals surface area (Å²) in [7, 11) is -3.70. The summed E-state index contributed by atoms with van der Waals surface area (Å²) in [5.41, 5.74) is 3.64. The zero-order valence-corrected chi connectivity index (χ0v) is 18.5. The maximum Gasteiger partial charge on any atom is 0.258 e. The second-order valence-electron chi connectivity index (χ2n) is 8.30. The SMILES string of the molecule is Cc1ccc2c(c1)CCCN2C(=O)c1cccc(S(=O)(=O)N2CC(C)OC(C)C2)c1. The summed E-state index contributed by atoms with van der Waals surface area (Å²) in [4.78, 5) is 15.2. The Morgan fingerprint density at radius 1 is 1.07 bits per heavy atom. The van der Waals surface area contributed by atoms with Gasteiger partial charge in [-0.15, -0.1) is 0 Å². The minimum absolute atomic E-state index is 0.149. The number of nitrogens with zero attached hydrogens (tertiary/aromatic N) is 2. The van der Waals surface area contributed by atoms with E-state index in [1.807, 2.05) is 32.9 Å². The van der Waals surface area contributed by atoms with Crippen LogP contribution in [0.4, 0.5) is 5.69 Å². The topological polar surface area (TPSA) is 66.9 Å². The van der Waals surface area contributed by atoms with Crippen molar-refractivity contribution in [1.82, 2.24) is 4.31 Å². The van der Waals surface area contributed by atoms with Crippen molar-refractivity contribution in [2.45, 2.75) is 50.7 Å². The number of sulfonamides is 1. The van der Waals surface area contributed by atoms with Crippen molar-refractivity contribution in [3.63, 3.8) is 0 Å². The molecule has 30 heavy (non-hydrogen) atoms. The third kappa shape index (κ3) is 4.02. The molecule has 0 aliphatic carbocycles. The van der Waals surface area contributed by atoms with E-state index >= 15 is 0 Å². The Balaban J connectivity index is 1.64. The second-order valence-corrected chi connectivity index (χ2v) is 10.2. The summed E-state index contributed by atoms with van der Waals surface area (Å²) in [5.74, 6) is -0.166. The van der Waals surface area contributed by atoms with Gasteiger partial charge in [-0.05, 0) is 63.4 Å². The van der Waals surface area contributed by atoms with E-state index in [-0.39, 0.29) is 23.0 Å². The molecule has 1 fully saturated rings. The molecule has 1 amide bonds. The van der Waals surface area contributed by atoms with Gasteiger partial charge in [-0.2, -0.15) is 4.31 Å². The predicted molar refractivity (Wildman–Crippen MR) is 116 cm³/mol. The first kappa shape index (κ1) is 21.0. The van der Waals surface area contributed by atoms with Gasteiger partial charge in [-0.1, -0.05) is 23.8 Å². The number of carbonyl (C=O) groups excluding carboxylic acids is 1. The standard InChI is InChI=1S/C23H28N2O4S/c1-16-9-10-22-19(12-16)7-5-11-25(22)23(26)20-6-4-8-21(13-20)30(27,28)24-14-17(2)29-18(3)15-24/h4,6,8-10,12-13,17-18H,5,7,11,14-15H2,1-3H3. The van der Waals surface area contributed by atoms with Crippen molar-refractivity contribution in [1.29, 1.82) is 0 Å². The van der Waals surface area contributed by atoms with Crippen LogP contribution in [0.25, 0.3) is 0 Å². The van der Waals surface area contributed by atoms with Gasteiger partial charge >= 0.3 is 0 Å². The van der Waals surface area contributed by atoms with Gasteiger partial charge in [-0.25, -0.2) is 8.42 Å². The Labute approximate surface area is 178 Å². The molecule has 2 aromatic carbocycles. The summed E-state index contributed by atoms with van der Waals surface area (Å²) in [5, 5.41) is 0. The van der Waals surface area contributed by atoms with Crippen LogP contribution in [0.3, 0.4) is 0 Å². The lowest BCUT2D eigenvalue weighted by molar-refractivity contribution is -0.0440. The van der Waals surface area contributed by atoms with Crippen molar-refractivity contribution < 1.29 is 17.9 Å². The number of hydrogen-bond acceptors (Lipinski definition) is 4. The van der Waals surface area contributed by atoms with Gasteiger partial charge in [0.1, 0.15) is 0 Å². The Bertz CT molecular complexity index is 1060. The molecule has 160 valence electrons. The van der Waals surface area contributed by atoms with Crippen LogP contribution in [0.5, 0.6) is 0 Å². The van der Waals surface area contributed by atoms with Crippen molar-refractivity contribution in [2.24, 2.45) is 0 Å². The van der Waals surface area contributed by atoms with E-state index in [0.29, 0.717) is 25.2 Å². The Morgan fingerprint density at radius 2 is 1.80 bits per heavy atom. The number of anilines is 1. The number of benzene rings is 2. The van der Waals surface area contributed by atoms with Crippen molar-refractivity contribution in [3.05, 3.63) is 59.2 Å². The van der Waals surface area contributed by atoms with Gasteiger partial charge in [0.05, 0.1) is 17.1 Å². The van der Waals surface area contributed by atoms with Gasteiger partial charge in [0.15, 0.2) is 0 Å². The van der Waals surface area contributed by atoms with E-state index in [0.717, 1.165) is 24.1 Å². The molecule has 2 heterocycles. The van der Waals surface area contributed by atoms with Crippen LogP contribution >= 0.6 is 0 Å². The zero-order chi connectivity index (χ0) is 21.5.